The molecule has 3 aromatic carbocycles. The summed E-state index contributed by atoms with van der Waals surface area (Å²) < 4.78 is 29.7. The van der Waals surface area contributed by atoms with Crippen LogP contribution < -0.4 is 4.72 Å². The molecule has 1 aromatic heterocycles. The third kappa shape index (κ3) is 4.33. The number of hydrogen-bond acceptors (Lipinski definition) is 4. The summed E-state index contributed by atoms with van der Waals surface area (Å²) in [5.74, 6) is 1.32. The summed E-state index contributed by atoms with van der Waals surface area (Å²) >= 11 is 0. The van der Waals surface area contributed by atoms with E-state index in [-0.39, 0.29) is 22.7 Å². The molecule has 6 bridgehead atoms. The Labute approximate surface area is 219 Å². The largest absolute Gasteiger partial charge is 0.264 e. The predicted octanol–water partition coefficient (Wildman–Crippen LogP) is 6.50. The van der Waals surface area contributed by atoms with E-state index in [0.717, 1.165) is 34.5 Å². The minimum atomic E-state index is -3.86. The number of anilines is 1. The number of nitrogens with one attached hydrogen (secondary N) is 1. The van der Waals surface area contributed by atoms with Crippen molar-refractivity contribution in [3.63, 3.8) is 0 Å². The van der Waals surface area contributed by atoms with Crippen LogP contribution in [0, 0.1) is 18.8 Å². The minimum absolute atomic E-state index is 0.114. The molecule has 0 saturated carbocycles. The Morgan fingerprint density at radius 3 is 2.46 bits per heavy atom. The molecule has 2 heterocycles. The van der Waals surface area contributed by atoms with Crippen LogP contribution in [0.15, 0.2) is 83.8 Å². The molecular formula is C31H31N3O2S. The van der Waals surface area contributed by atoms with Crippen LogP contribution in [0.2, 0.25) is 0 Å². The number of rotatable bonds is 2. The second kappa shape index (κ2) is 9.10. The molecule has 1 aliphatic heterocycles. The monoisotopic (exact) mass is 509 g/mol. The van der Waals surface area contributed by atoms with E-state index >= 15 is 0 Å². The van der Waals surface area contributed by atoms with Gasteiger partial charge in [0.15, 0.2) is 0 Å². The van der Waals surface area contributed by atoms with Gasteiger partial charge in [-0.25, -0.2) is 23.1 Å². The average molecular weight is 510 g/mol. The molecule has 0 spiro atoms. The van der Waals surface area contributed by atoms with Crippen molar-refractivity contribution in [2.75, 3.05) is 4.72 Å². The summed E-state index contributed by atoms with van der Waals surface area (Å²) in [6.07, 6.45) is 1.61. The normalized spacial score (nSPS) is 21.8. The van der Waals surface area contributed by atoms with Gasteiger partial charge >= 0.3 is 0 Å². The lowest BCUT2D eigenvalue weighted by molar-refractivity contribution is 0.242. The molecule has 1 N–H and O–H groups in total. The summed E-state index contributed by atoms with van der Waals surface area (Å²) in [6.45, 7) is 6.62. The SMILES string of the molecule is Cc1ccccc1-c1cc2nc(n1)NS(=O)(=O)c1cccc(c1)C1Cc3ccccc3[C@H](C2)C1C(C)C. The fourth-order valence-electron chi connectivity index (χ4n) is 6.42. The second-order valence-corrected chi connectivity index (χ2v) is 12.4. The number of aromatic nitrogens is 2. The number of benzene rings is 3. The highest BCUT2D eigenvalue weighted by atomic mass is 32.2. The molecule has 0 fully saturated rings. The lowest BCUT2D eigenvalue weighted by atomic mass is 9.62. The number of aryl methyl sites for hydroxylation is 1. The molecule has 0 saturated heterocycles. The first kappa shape index (κ1) is 23.9. The van der Waals surface area contributed by atoms with Crippen molar-refractivity contribution in [1.82, 2.24) is 9.97 Å². The van der Waals surface area contributed by atoms with Gasteiger partial charge in [0, 0.05) is 11.3 Å². The average Bonchev–Trinajstić information content (AvgIpc) is 2.88. The van der Waals surface area contributed by atoms with Gasteiger partial charge < -0.3 is 0 Å². The van der Waals surface area contributed by atoms with E-state index in [1.54, 1.807) is 6.07 Å². The van der Waals surface area contributed by atoms with Crippen molar-refractivity contribution in [1.29, 1.82) is 0 Å². The van der Waals surface area contributed by atoms with Gasteiger partial charge in [-0.3, -0.25) is 0 Å². The van der Waals surface area contributed by atoms with E-state index in [1.807, 2.05) is 49.4 Å². The van der Waals surface area contributed by atoms with Crippen molar-refractivity contribution < 1.29 is 8.42 Å². The van der Waals surface area contributed by atoms with Crippen molar-refractivity contribution in [3.8, 4) is 11.3 Å². The van der Waals surface area contributed by atoms with Crippen molar-refractivity contribution in [3.05, 3.63) is 107 Å². The molecule has 37 heavy (non-hydrogen) atoms. The fraction of sp³-hybridized carbons (Fsp3) is 0.290. The Morgan fingerprint density at radius 1 is 0.865 bits per heavy atom. The Balaban J connectivity index is 1.62. The van der Waals surface area contributed by atoms with Crippen LogP contribution in [-0.2, 0) is 22.9 Å². The molecule has 6 rings (SSSR count). The highest BCUT2D eigenvalue weighted by Crippen LogP contribution is 2.49. The molecule has 188 valence electrons. The second-order valence-electron chi connectivity index (χ2n) is 10.7. The fourth-order valence-corrected chi connectivity index (χ4v) is 7.42. The standard InChI is InChI=1S/C31H31N3O2S/c1-19(2)30-27-16-22-10-5-7-14-26(22)28(30)17-23-18-29(25-13-6-4-9-20(25)3)33-31(32-23)34-37(35,36)24-12-8-11-21(27)15-24/h4-15,18-19,27-28,30H,16-17H2,1-3H3,(H,32,33,34)/t27?,28-,30?/m0/s1. The Bertz CT molecular complexity index is 1600. The number of fused-ring (bicyclic) bond motifs is 9. The zero-order chi connectivity index (χ0) is 25.7. The van der Waals surface area contributed by atoms with E-state index in [0.29, 0.717) is 18.3 Å². The zero-order valence-corrected chi connectivity index (χ0v) is 22.2. The van der Waals surface area contributed by atoms with E-state index in [4.69, 9.17) is 4.98 Å². The number of nitrogens with zero attached hydrogens (tertiary/aromatic N) is 2. The quantitative estimate of drug-likeness (QED) is 0.335. The first-order valence-corrected chi connectivity index (χ1v) is 14.4. The molecule has 4 aromatic rings. The van der Waals surface area contributed by atoms with Gasteiger partial charge in [0.25, 0.3) is 10.0 Å². The molecule has 6 heteroatoms. The van der Waals surface area contributed by atoms with Crippen molar-refractivity contribution >= 4 is 16.0 Å². The van der Waals surface area contributed by atoms with E-state index in [2.05, 4.69) is 53.9 Å². The molecule has 5 nitrogen and oxygen atoms in total. The van der Waals surface area contributed by atoms with Gasteiger partial charge in [0.05, 0.1) is 10.6 Å². The molecule has 2 unspecified atom stereocenters. The molecule has 3 atom stereocenters. The van der Waals surface area contributed by atoms with Gasteiger partial charge in [0.2, 0.25) is 5.95 Å². The summed E-state index contributed by atoms with van der Waals surface area (Å²) in [4.78, 5) is 9.69. The molecule has 2 aliphatic rings. The first-order chi connectivity index (χ1) is 17.8. The topological polar surface area (TPSA) is 72.0 Å². The highest BCUT2D eigenvalue weighted by molar-refractivity contribution is 7.92. The van der Waals surface area contributed by atoms with E-state index < -0.39 is 10.0 Å². The lowest BCUT2D eigenvalue weighted by Crippen LogP contribution is -2.33. The van der Waals surface area contributed by atoms with Crippen LogP contribution in [-0.4, -0.2) is 18.4 Å². The van der Waals surface area contributed by atoms with Crippen LogP contribution in [0.25, 0.3) is 11.3 Å². The Hall–Kier alpha value is -3.51. The van der Waals surface area contributed by atoms with Crippen molar-refractivity contribution in [2.24, 2.45) is 11.8 Å². The van der Waals surface area contributed by atoms with Crippen LogP contribution in [0.3, 0.4) is 0 Å². The van der Waals surface area contributed by atoms with Crippen LogP contribution in [0.5, 0.6) is 0 Å². The Kier molecular flexibility index (Phi) is 5.87. The van der Waals surface area contributed by atoms with Crippen LogP contribution in [0.4, 0.5) is 5.95 Å². The van der Waals surface area contributed by atoms with Gasteiger partial charge in [-0.05, 0) is 83.9 Å². The van der Waals surface area contributed by atoms with Gasteiger partial charge in [-0.15, -0.1) is 0 Å². The van der Waals surface area contributed by atoms with Crippen LogP contribution >= 0.6 is 0 Å². The summed E-state index contributed by atoms with van der Waals surface area (Å²) in [6, 6.07) is 26.3. The molecular weight excluding hydrogens is 478 g/mol. The van der Waals surface area contributed by atoms with Crippen molar-refractivity contribution in [2.45, 2.75) is 50.3 Å². The molecule has 0 amide bonds. The number of hydrogen-bond donors (Lipinski definition) is 1. The smallest absolute Gasteiger partial charge is 0.247 e. The third-order valence-corrected chi connectivity index (χ3v) is 9.37. The first-order valence-electron chi connectivity index (χ1n) is 12.9. The lowest BCUT2D eigenvalue weighted by Gasteiger charge is -2.42. The maximum atomic E-state index is 13.5. The summed E-state index contributed by atoms with van der Waals surface area (Å²) in [5, 5.41) is 0. The minimum Gasteiger partial charge on any atom is -0.247 e. The predicted molar refractivity (Wildman–Crippen MR) is 147 cm³/mol. The van der Waals surface area contributed by atoms with Gasteiger partial charge in [-0.1, -0.05) is 74.5 Å². The molecule has 0 radical (unpaired) electrons. The molecule has 1 aliphatic carbocycles. The zero-order valence-electron chi connectivity index (χ0n) is 21.3. The Morgan fingerprint density at radius 2 is 1.65 bits per heavy atom. The van der Waals surface area contributed by atoms with E-state index in [9.17, 15) is 8.42 Å². The maximum absolute atomic E-state index is 13.5. The maximum Gasteiger partial charge on any atom is 0.264 e. The van der Waals surface area contributed by atoms with Gasteiger partial charge in [0.1, 0.15) is 0 Å². The summed E-state index contributed by atoms with van der Waals surface area (Å²) in [7, 11) is -3.86. The van der Waals surface area contributed by atoms with Crippen LogP contribution in [0.1, 0.15) is 53.6 Å². The highest BCUT2D eigenvalue weighted by Gasteiger charge is 2.40. The van der Waals surface area contributed by atoms with Gasteiger partial charge in [-0.2, -0.15) is 0 Å². The third-order valence-electron chi connectivity index (χ3n) is 8.04. The summed E-state index contributed by atoms with van der Waals surface area (Å²) in [5.41, 5.74) is 7.43. The van der Waals surface area contributed by atoms with E-state index in [1.165, 1.54) is 11.1 Å². The number of sulfonamides is 1.